The van der Waals surface area contributed by atoms with Gasteiger partial charge in [0.1, 0.15) is 0 Å². The van der Waals surface area contributed by atoms with Crippen LogP contribution in [0.2, 0.25) is 0 Å². The minimum absolute atomic E-state index is 0.0220. The average Bonchev–Trinajstić information content (AvgIpc) is 3.08. The van der Waals surface area contributed by atoms with Crippen LogP contribution in [0.1, 0.15) is 16.4 Å². The van der Waals surface area contributed by atoms with Crippen molar-refractivity contribution in [2.24, 2.45) is 0 Å². The van der Waals surface area contributed by atoms with Gasteiger partial charge >= 0.3 is 0 Å². The molecule has 1 aliphatic rings. The Morgan fingerprint density at radius 3 is 2.65 bits per heavy atom. The van der Waals surface area contributed by atoms with Crippen LogP contribution in [0.3, 0.4) is 0 Å². The smallest absolute Gasteiger partial charge is 0.234 e. The first-order chi connectivity index (χ1) is 9.74. The molecular formula is C15H16N2O2S. The summed E-state index contributed by atoms with van der Waals surface area (Å²) < 4.78 is 0. The zero-order valence-electron chi connectivity index (χ0n) is 11.0. The lowest BCUT2D eigenvalue weighted by molar-refractivity contribution is -0.521. The van der Waals surface area contributed by atoms with Gasteiger partial charge in [-0.25, -0.2) is 0 Å². The first kappa shape index (κ1) is 13.3. The second kappa shape index (κ2) is 5.73. The third-order valence-electron chi connectivity index (χ3n) is 3.79. The van der Waals surface area contributed by atoms with Gasteiger partial charge in [-0.1, -0.05) is 36.4 Å². The molecule has 1 saturated heterocycles. The first-order valence-corrected chi connectivity index (χ1v) is 7.55. The topological polar surface area (TPSA) is 46.4 Å². The summed E-state index contributed by atoms with van der Waals surface area (Å²) in [6.07, 6.45) is 0. The molecule has 1 aromatic carbocycles. The fourth-order valence-electron chi connectivity index (χ4n) is 2.83. The molecule has 4 nitrogen and oxygen atoms in total. The summed E-state index contributed by atoms with van der Waals surface area (Å²) >= 11 is 1.62. The van der Waals surface area contributed by atoms with Gasteiger partial charge < -0.3 is 0 Å². The Kier molecular flexibility index (Phi) is 3.80. The van der Waals surface area contributed by atoms with Crippen LogP contribution in [0.25, 0.3) is 0 Å². The van der Waals surface area contributed by atoms with Gasteiger partial charge in [0, 0.05) is 22.9 Å². The number of thiophene rings is 1. The molecule has 0 spiro atoms. The van der Waals surface area contributed by atoms with Crippen LogP contribution < -0.4 is 0 Å². The fraction of sp³-hybridized carbons (Fsp3) is 0.333. The Bertz CT molecular complexity index is 571. The highest BCUT2D eigenvalue weighted by molar-refractivity contribution is 7.10. The van der Waals surface area contributed by atoms with Gasteiger partial charge in [-0.15, -0.1) is 11.3 Å². The zero-order valence-corrected chi connectivity index (χ0v) is 11.8. The molecule has 3 rings (SSSR count). The van der Waals surface area contributed by atoms with Crippen molar-refractivity contribution in [3.05, 3.63) is 68.4 Å². The Hall–Kier alpha value is -1.72. The predicted octanol–water partition coefficient (Wildman–Crippen LogP) is 2.99. The van der Waals surface area contributed by atoms with Crippen molar-refractivity contribution < 1.29 is 4.92 Å². The molecule has 0 saturated carbocycles. The average molecular weight is 288 g/mol. The molecule has 0 aliphatic carbocycles. The molecule has 1 aliphatic heterocycles. The van der Waals surface area contributed by atoms with Gasteiger partial charge in [0.25, 0.3) is 0 Å². The highest BCUT2D eigenvalue weighted by atomic mass is 32.1. The molecule has 2 atom stereocenters. The molecule has 2 aromatic rings. The quantitative estimate of drug-likeness (QED) is 0.642. The number of hydrogen-bond acceptors (Lipinski definition) is 4. The largest absolute Gasteiger partial charge is 0.292 e. The molecule has 0 N–H and O–H groups in total. The summed E-state index contributed by atoms with van der Waals surface area (Å²) in [6.45, 7) is 2.08. The van der Waals surface area contributed by atoms with Crippen LogP contribution in [0.4, 0.5) is 0 Å². The number of benzene rings is 1. The highest BCUT2D eigenvalue weighted by Gasteiger charge is 2.42. The fourth-order valence-corrected chi connectivity index (χ4v) is 3.71. The molecule has 104 valence electrons. The predicted molar refractivity (Wildman–Crippen MR) is 79.6 cm³/mol. The summed E-state index contributed by atoms with van der Waals surface area (Å²) in [6, 6.07) is 13.6. The SMILES string of the molecule is O=[N+]([O-])C1CN(Cc2ccccc2)CC1c1cccs1. The number of nitrogens with zero attached hydrogens (tertiary/aromatic N) is 2. The van der Waals surface area contributed by atoms with Crippen molar-refractivity contribution in [3.63, 3.8) is 0 Å². The molecular weight excluding hydrogens is 272 g/mol. The lowest BCUT2D eigenvalue weighted by atomic mass is 10.0. The van der Waals surface area contributed by atoms with E-state index in [9.17, 15) is 10.1 Å². The van der Waals surface area contributed by atoms with Gasteiger partial charge in [0.2, 0.25) is 6.04 Å². The van der Waals surface area contributed by atoms with Crippen LogP contribution in [0.15, 0.2) is 47.8 Å². The number of likely N-dealkylation sites (tertiary alicyclic amines) is 1. The minimum Gasteiger partial charge on any atom is -0.292 e. The lowest BCUT2D eigenvalue weighted by Gasteiger charge is -2.14. The molecule has 20 heavy (non-hydrogen) atoms. The maximum absolute atomic E-state index is 11.3. The van der Waals surface area contributed by atoms with Crippen molar-refractivity contribution in [1.29, 1.82) is 0 Å². The Morgan fingerprint density at radius 1 is 1.20 bits per heavy atom. The van der Waals surface area contributed by atoms with Gasteiger partial charge in [-0.05, 0) is 17.0 Å². The van der Waals surface area contributed by atoms with Crippen molar-refractivity contribution in [3.8, 4) is 0 Å². The van der Waals surface area contributed by atoms with Crippen molar-refractivity contribution in [1.82, 2.24) is 4.90 Å². The van der Waals surface area contributed by atoms with E-state index in [2.05, 4.69) is 17.0 Å². The van der Waals surface area contributed by atoms with E-state index in [0.29, 0.717) is 6.54 Å². The molecule has 1 fully saturated rings. The normalized spacial score (nSPS) is 23.0. The molecule has 0 bridgehead atoms. The summed E-state index contributed by atoms with van der Waals surface area (Å²) in [5, 5.41) is 13.3. The van der Waals surface area contributed by atoms with E-state index in [1.165, 1.54) is 5.56 Å². The summed E-state index contributed by atoms with van der Waals surface area (Å²) in [5.74, 6) is 0.0220. The van der Waals surface area contributed by atoms with E-state index in [4.69, 9.17) is 0 Å². The third-order valence-corrected chi connectivity index (χ3v) is 4.80. The molecule has 0 amide bonds. The van der Waals surface area contributed by atoms with Crippen LogP contribution in [0.5, 0.6) is 0 Å². The second-order valence-electron chi connectivity index (χ2n) is 5.15. The summed E-state index contributed by atoms with van der Waals surface area (Å²) in [5.41, 5.74) is 1.21. The molecule has 5 heteroatoms. The van der Waals surface area contributed by atoms with Crippen LogP contribution in [0, 0.1) is 10.1 Å². The Morgan fingerprint density at radius 2 is 2.00 bits per heavy atom. The Labute approximate surface area is 121 Å². The Balaban J connectivity index is 1.75. The van der Waals surface area contributed by atoms with Crippen molar-refractivity contribution in [2.75, 3.05) is 13.1 Å². The molecule has 1 aromatic heterocycles. The lowest BCUT2D eigenvalue weighted by Crippen LogP contribution is -2.27. The van der Waals surface area contributed by atoms with Crippen molar-refractivity contribution in [2.45, 2.75) is 18.5 Å². The van der Waals surface area contributed by atoms with Gasteiger partial charge in [-0.2, -0.15) is 0 Å². The van der Waals surface area contributed by atoms with E-state index in [-0.39, 0.29) is 10.8 Å². The maximum Gasteiger partial charge on any atom is 0.234 e. The standard InChI is InChI=1S/C15H16N2O2S/c18-17(19)14-11-16(9-12-5-2-1-3-6-12)10-13(14)15-7-4-8-20-15/h1-8,13-14H,9-11H2. The van der Waals surface area contributed by atoms with E-state index in [0.717, 1.165) is 18.0 Å². The van der Waals surface area contributed by atoms with E-state index >= 15 is 0 Å². The molecule has 0 radical (unpaired) electrons. The summed E-state index contributed by atoms with van der Waals surface area (Å²) in [7, 11) is 0. The van der Waals surface area contributed by atoms with Gasteiger partial charge in [0.15, 0.2) is 0 Å². The third kappa shape index (κ3) is 2.73. The summed E-state index contributed by atoms with van der Waals surface area (Å²) in [4.78, 5) is 14.5. The molecule has 2 heterocycles. The first-order valence-electron chi connectivity index (χ1n) is 6.67. The highest BCUT2D eigenvalue weighted by Crippen LogP contribution is 2.32. The maximum atomic E-state index is 11.3. The van der Waals surface area contributed by atoms with Crippen molar-refractivity contribution >= 4 is 11.3 Å². The van der Waals surface area contributed by atoms with Gasteiger partial charge in [-0.3, -0.25) is 15.0 Å². The van der Waals surface area contributed by atoms with E-state index < -0.39 is 6.04 Å². The number of nitro groups is 1. The van der Waals surface area contributed by atoms with Crippen LogP contribution in [-0.4, -0.2) is 29.0 Å². The van der Waals surface area contributed by atoms with Crippen LogP contribution >= 0.6 is 11.3 Å². The van der Waals surface area contributed by atoms with E-state index in [1.807, 2.05) is 35.7 Å². The van der Waals surface area contributed by atoms with E-state index in [1.54, 1.807) is 11.3 Å². The number of hydrogen-bond donors (Lipinski definition) is 0. The molecule has 2 unspecified atom stereocenters. The second-order valence-corrected chi connectivity index (χ2v) is 6.13. The monoisotopic (exact) mass is 288 g/mol. The zero-order chi connectivity index (χ0) is 13.9. The van der Waals surface area contributed by atoms with Gasteiger partial charge in [0.05, 0.1) is 12.5 Å². The minimum atomic E-state index is -0.489. The van der Waals surface area contributed by atoms with Crippen LogP contribution in [-0.2, 0) is 6.54 Å². The number of rotatable bonds is 4.